The number of carboxylic acid groups (broad SMARTS) is 2. The Bertz CT molecular complexity index is 406. The van der Waals surface area contributed by atoms with E-state index in [1.54, 1.807) is 6.26 Å². The van der Waals surface area contributed by atoms with Crippen LogP contribution in [0.15, 0.2) is 0 Å². The van der Waals surface area contributed by atoms with Crippen molar-refractivity contribution in [2.45, 2.75) is 24.9 Å². The van der Waals surface area contributed by atoms with Crippen molar-refractivity contribution < 1.29 is 34.5 Å². The molecule has 10 nitrogen and oxygen atoms in total. The number of rotatable bonds is 10. The van der Waals surface area contributed by atoms with Gasteiger partial charge in [0.25, 0.3) is 0 Å². The van der Waals surface area contributed by atoms with E-state index in [-0.39, 0.29) is 18.6 Å². The maximum Gasteiger partial charge on any atom is 0.322 e. The van der Waals surface area contributed by atoms with Gasteiger partial charge in [0.15, 0.2) is 0 Å². The second-order valence-corrected chi connectivity index (χ2v) is 5.08. The van der Waals surface area contributed by atoms with Crippen LogP contribution in [0.2, 0.25) is 0 Å². The Balaban J connectivity index is 0. The molecule has 2 unspecified atom stereocenters. The average Bonchev–Trinajstić information content (AvgIpc) is 2.51. The number of amides is 2. The standard InChI is InChI=1S/C11H19N3O6S.CH4O/c1-21-5-7(10(18)13-4-9(16)17)14-8(15)3-2-6(12)11(19)20;1-2/h6-7H,2-5,12H2,1H3,(H,13,18)(H,14,15)(H,16,17)(H,19,20);2H,1H3. The molecule has 0 aromatic heterocycles. The molecule has 0 rings (SSSR count). The van der Waals surface area contributed by atoms with E-state index in [9.17, 15) is 19.2 Å². The Kier molecular flexibility index (Phi) is 14.0. The van der Waals surface area contributed by atoms with E-state index in [1.165, 1.54) is 11.8 Å². The van der Waals surface area contributed by atoms with Gasteiger partial charge in [-0.05, 0) is 12.7 Å². The highest BCUT2D eigenvalue weighted by Gasteiger charge is 2.21. The quantitative estimate of drug-likeness (QED) is 0.255. The monoisotopic (exact) mass is 353 g/mol. The minimum atomic E-state index is -1.21. The Labute approximate surface area is 137 Å². The highest BCUT2D eigenvalue weighted by molar-refractivity contribution is 7.98. The average molecular weight is 353 g/mol. The third-order valence-corrected chi connectivity index (χ3v) is 3.07. The van der Waals surface area contributed by atoms with E-state index in [0.29, 0.717) is 0 Å². The molecule has 0 spiro atoms. The highest BCUT2D eigenvalue weighted by atomic mass is 32.2. The lowest BCUT2D eigenvalue weighted by Crippen LogP contribution is -2.49. The summed E-state index contributed by atoms with van der Waals surface area (Å²) >= 11 is 1.30. The zero-order valence-electron chi connectivity index (χ0n) is 12.9. The fraction of sp³-hybridized carbons (Fsp3) is 0.667. The number of thioether (sulfide) groups is 1. The SMILES string of the molecule is CO.CSCC(NC(=O)CCC(N)C(=O)O)C(=O)NCC(=O)O. The van der Waals surface area contributed by atoms with E-state index in [0.717, 1.165) is 7.11 Å². The van der Waals surface area contributed by atoms with Crippen LogP contribution in [0.1, 0.15) is 12.8 Å². The number of aliphatic carboxylic acids is 2. The predicted molar refractivity (Wildman–Crippen MR) is 83.9 cm³/mol. The van der Waals surface area contributed by atoms with Gasteiger partial charge in [0, 0.05) is 19.3 Å². The summed E-state index contributed by atoms with van der Waals surface area (Å²) in [6.07, 6.45) is 1.54. The molecule has 0 heterocycles. The number of nitrogens with one attached hydrogen (secondary N) is 2. The fourth-order valence-electron chi connectivity index (χ4n) is 1.31. The van der Waals surface area contributed by atoms with Gasteiger partial charge in [-0.1, -0.05) is 0 Å². The zero-order chi connectivity index (χ0) is 18.4. The number of hydrogen-bond donors (Lipinski definition) is 6. The number of carbonyl (C=O) groups excluding carboxylic acids is 2. The van der Waals surface area contributed by atoms with Crippen LogP contribution in [-0.2, 0) is 19.2 Å². The van der Waals surface area contributed by atoms with Crippen molar-refractivity contribution in [3.63, 3.8) is 0 Å². The summed E-state index contributed by atoms with van der Waals surface area (Å²) in [7, 11) is 1.00. The Hall–Kier alpha value is -1.85. The van der Waals surface area contributed by atoms with Crippen molar-refractivity contribution in [3.8, 4) is 0 Å². The van der Waals surface area contributed by atoms with Gasteiger partial charge in [-0.2, -0.15) is 11.8 Å². The molecule has 0 aromatic carbocycles. The molecule has 0 bridgehead atoms. The predicted octanol–water partition coefficient (Wildman–Crippen LogP) is -2.16. The van der Waals surface area contributed by atoms with Crippen molar-refractivity contribution in [2.75, 3.05) is 25.7 Å². The molecule has 0 aliphatic rings. The van der Waals surface area contributed by atoms with Crippen LogP contribution in [0.5, 0.6) is 0 Å². The van der Waals surface area contributed by atoms with Crippen LogP contribution in [0.3, 0.4) is 0 Å². The summed E-state index contributed by atoms with van der Waals surface area (Å²) < 4.78 is 0. The van der Waals surface area contributed by atoms with Crippen LogP contribution >= 0.6 is 11.8 Å². The molecule has 0 aliphatic carbocycles. The second kappa shape index (κ2) is 13.8. The first-order valence-electron chi connectivity index (χ1n) is 6.48. The minimum absolute atomic E-state index is 0.0517. The van der Waals surface area contributed by atoms with E-state index in [4.69, 9.17) is 21.1 Å². The third-order valence-electron chi connectivity index (χ3n) is 2.40. The molecular weight excluding hydrogens is 330 g/mol. The van der Waals surface area contributed by atoms with Crippen LogP contribution in [0.25, 0.3) is 0 Å². The first kappa shape index (κ1) is 23.4. The third kappa shape index (κ3) is 12.4. The molecule has 23 heavy (non-hydrogen) atoms. The summed E-state index contributed by atoms with van der Waals surface area (Å²) in [6.45, 7) is -0.538. The summed E-state index contributed by atoms with van der Waals surface area (Å²) in [5, 5.41) is 28.7. The molecule has 0 saturated heterocycles. The van der Waals surface area contributed by atoms with Gasteiger partial charge in [0.1, 0.15) is 18.6 Å². The lowest BCUT2D eigenvalue weighted by molar-refractivity contribution is -0.139. The number of aliphatic hydroxyl groups excluding tert-OH is 1. The first-order chi connectivity index (χ1) is 10.8. The normalized spacial score (nSPS) is 12.2. The number of carboxylic acids is 2. The van der Waals surface area contributed by atoms with Gasteiger partial charge < -0.3 is 31.7 Å². The van der Waals surface area contributed by atoms with Crippen molar-refractivity contribution in [1.29, 1.82) is 0 Å². The molecule has 0 radical (unpaired) electrons. The maximum atomic E-state index is 11.7. The largest absolute Gasteiger partial charge is 0.480 e. The Morgan fingerprint density at radius 1 is 1.17 bits per heavy atom. The van der Waals surface area contributed by atoms with E-state index in [2.05, 4.69) is 10.6 Å². The second-order valence-electron chi connectivity index (χ2n) is 4.17. The minimum Gasteiger partial charge on any atom is -0.480 e. The molecule has 134 valence electrons. The number of hydrogen-bond acceptors (Lipinski definition) is 7. The molecule has 0 aliphatic heterocycles. The summed E-state index contributed by atoms with van der Waals surface area (Å²) in [6, 6.07) is -2.02. The number of carbonyl (C=O) groups is 4. The summed E-state index contributed by atoms with van der Waals surface area (Å²) in [4.78, 5) is 44.2. The maximum absolute atomic E-state index is 11.7. The molecule has 11 heteroatoms. The molecule has 0 aromatic rings. The van der Waals surface area contributed by atoms with E-state index < -0.39 is 42.4 Å². The van der Waals surface area contributed by atoms with Gasteiger partial charge >= 0.3 is 11.9 Å². The zero-order valence-corrected chi connectivity index (χ0v) is 13.8. The number of aliphatic hydroxyl groups is 1. The lowest BCUT2D eigenvalue weighted by atomic mass is 10.1. The number of nitrogens with two attached hydrogens (primary N) is 1. The van der Waals surface area contributed by atoms with Crippen molar-refractivity contribution in [2.24, 2.45) is 5.73 Å². The Morgan fingerprint density at radius 3 is 2.17 bits per heavy atom. The van der Waals surface area contributed by atoms with Crippen LogP contribution in [0, 0.1) is 0 Å². The van der Waals surface area contributed by atoms with Crippen LogP contribution in [-0.4, -0.2) is 76.8 Å². The molecule has 0 saturated carbocycles. The molecule has 2 amide bonds. The van der Waals surface area contributed by atoms with Crippen molar-refractivity contribution in [1.82, 2.24) is 10.6 Å². The smallest absolute Gasteiger partial charge is 0.322 e. The molecule has 2 atom stereocenters. The van der Waals surface area contributed by atoms with Gasteiger partial charge in [0.05, 0.1) is 0 Å². The lowest BCUT2D eigenvalue weighted by Gasteiger charge is -2.17. The van der Waals surface area contributed by atoms with Crippen LogP contribution in [0.4, 0.5) is 0 Å². The first-order valence-corrected chi connectivity index (χ1v) is 7.88. The van der Waals surface area contributed by atoms with Crippen molar-refractivity contribution >= 4 is 35.5 Å². The van der Waals surface area contributed by atoms with Crippen molar-refractivity contribution in [3.05, 3.63) is 0 Å². The molecule has 0 fully saturated rings. The topological polar surface area (TPSA) is 179 Å². The summed E-state index contributed by atoms with van der Waals surface area (Å²) in [5.41, 5.74) is 5.27. The van der Waals surface area contributed by atoms with Gasteiger partial charge in [0.2, 0.25) is 11.8 Å². The summed E-state index contributed by atoms with van der Waals surface area (Å²) in [5.74, 6) is -3.26. The van der Waals surface area contributed by atoms with Gasteiger partial charge in [-0.15, -0.1) is 0 Å². The fourth-order valence-corrected chi connectivity index (χ4v) is 1.88. The molecule has 7 N–H and O–H groups in total. The Morgan fingerprint density at radius 2 is 1.74 bits per heavy atom. The van der Waals surface area contributed by atoms with E-state index in [1.807, 2.05) is 0 Å². The molecular formula is C12H23N3O7S. The van der Waals surface area contributed by atoms with E-state index >= 15 is 0 Å². The van der Waals surface area contributed by atoms with Gasteiger partial charge in [-0.3, -0.25) is 19.2 Å². The highest BCUT2D eigenvalue weighted by Crippen LogP contribution is 2.00. The van der Waals surface area contributed by atoms with Gasteiger partial charge in [-0.25, -0.2) is 0 Å². The van der Waals surface area contributed by atoms with Crippen LogP contribution < -0.4 is 16.4 Å².